The van der Waals surface area contributed by atoms with E-state index in [1.54, 1.807) is 11.3 Å². The topological polar surface area (TPSA) is 92.3 Å². The van der Waals surface area contributed by atoms with E-state index in [-0.39, 0.29) is 12.5 Å². The molecular weight excluding hydrogens is 352 g/mol. The summed E-state index contributed by atoms with van der Waals surface area (Å²) in [6.45, 7) is 4.30. The SMILES string of the molecule is Cc1sc2ccccc2c1-c1nc(CC(N)=O)nn1CC1COCCO1. The van der Waals surface area contributed by atoms with Gasteiger partial charge in [0.25, 0.3) is 0 Å². The first-order valence-corrected chi connectivity index (χ1v) is 9.33. The molecule has 3 heterocycles. The largest absolute Gasteiger partial charge is 0.376 e. The molecule has 1 atom stereocenters. The van der Waals surface area contributed by atoms with Crippen LogP contribution in [0.5, 0.6) is 0 Å². The predicted molar refractivity (Wildman–Crippen MR) is 99.0 cm³/mol. The molecule has 2 aromatic heterocycles. The van der Waals surface area contributed by atoms with Crippen LogP contribution >= 0.6 is 11.3 Å². The Balaban J connectivity index is 1.78. The number of benzene rings is 1. The van der Waals surface area contributed by atoms with E-state index in [4.69, 9.17) is 15.2 Å². The monoisotopic (exact) mass is 372 g/mol. The van der Waals surface area contributed by atoms with Crippen molar-refractivity contribution in [2.45, 2.75) is 26.0 Å². The molecule has 0 bridgehead atoms. The van der Waals surface area contributed by atoms with Gasteiger partial charge in [-0.25, -0.2) is 9.67 Å². The van der Waals surface area contributed by atoms with Crippen LogP contribution in [0, 0.1) is 6.92 Å². The average Bonchev–Trinajstić information content (AvgIpc) is 3.14. The third-order valence-electron chi connectivity index (χ3n) is 4.30. The highest BCUT2D eigenvalue weighted by Crippen LogP contribution is 2.37. The van der Waals surface area contributed by atoms with E-state index in [0.717, 1.165) is 21.7 Å². The summed E-state index contributed by atoms with van der Waals surface area (Å²) in [4.78, 5) is 17.1. The highest BCUT2D eigenvalue weighted by molar-refractivity contribution is 7.19. The molecule has 1 unspecified atom stereocenters. The highest BCUT2D eigenvalue weighted by atomic mass is 32.1. The van der Waals surface area contributed by atoms with Gasteiger partial charge in [-0.2, -0.15) is 5.10 Å². The van der Waals surface area contributed by atoms with Crippen LogP contribution in [0.4, 0.5) is 0 Å². The maximum atomic E-state index is 11.3. The van der Waals surface area contributed by atoms with Crippen LogP contribution < -0.4 is 5.73 Å². The van der Waals surface area contributed by atoms with Crippen LogP contribution in [0.3, 0.4) is 0 Å². The molecule has 0 radical (unpaired) electrons. The molecule has 0 spiro atoms. The molecule has 7 nitrogen and oxygen atoms in total. The number of nitrogens with two attached hydrogens (primary N) is 1. The number of aromatic nitrogens is 3. The summed E-state index contributed by atoms with van der Waals surface area (Å²) in [6.07, 6.45) is -0.0702. The first kappa shape index (κ1) is 17.1. The first-order valence-electron chi connectivity index (χ1n) is 8.51. The summed E-state index contributed by atoms with van der Waals surface area (Å²) in [6, 6.07) is 8.22. The maximum absolute atomic E-state index is 11.3. The van der Waals surface area contributed by atoms with Crippen molar-refractivity contribution in [3.05, 3.63) is 35.0 Å². The average molecular weight is 372 g/mol. The van der Waals surface area contributed by atoms with Crippen molar-refractivity contribution < 1.29 is 14.3 Å². The summed E-state index contributed by atoms with van der Waals surface area (Å²) < 4.78 is 14.3. The fourth-order valence-electron chi connectivity index (χ4n) is 3.21. The van der Waals surface area contributed by atoms with Gasteiger partial charge in [0.05, 0.1) is 32.8 Å². The van der Waals surface area contributed by atoms with Gasteiger partial charge in [-0.1, -0.05) is 18.2 Å². The van der Waals surface area contributed by atoms with E-state index in [1.165, 1.54) is 4.70 Å². The summed E-state index contributed by atoms with van der Waals surface area (Å²) in [5.74, 6) is 0.724. The van der Waals surface area contributed by atoms with Gasteiger partial charge in [-0.05, 0) is 13.0 Å². The van der Waals surface area contributed by atoms with Crippen molar-refractivity contribution >= 4 is 27.3 Å². The van der Waals surface area contributed by atoms with Gasteiger partial charge in [0, 0.05) is 20.5 Å². The van der Waals surface area contributed by atoms with E-state index in [1.807, 2.05) is 16.8 Å². The minimum atomic E-state index is -0.446. The Morgan fingerprint density at radius 2 is 2.23 bits per heavy atom. The van der Waals surface area contributed by atoms with Gasteiger partial charge < -0.3 is 15.2 Å². The van der Waals surface area contributed by atoms with Crippen LogP contribution in [0.25, 0.3) is 21.5 Å². The zero-order valence-electron chi connectivity index (χ0n) is 14.5. The van der Waals surface area contributed by atoms with Crippen LogP contribution in [0.1, 0.15) is 10.7 Å². The number of carbonyl (C=O) groups is 1. The van der Waals surface area contributed by atoms with Gasteiger partial charge in [-0.15, -0.1) is 11.3 Å². The van der Waals surface area contributed by atoms with E-state index in [9.17, 15) is 4.79 Å². The van der Waals surface area contributed by atoms with Gasteiger partial charge in [-0.3, -0.25) is 4.79 Å². The molecule has 1 amide bonds. The summed E-state index contributed by atoms with van der Waals surface area (Å²) in [5, 5.41) is 5.66. The first-order chi connectivity index (χ1) is 12.6. The van der Waals surface area contributed by atoms with Crippen molar-refractivity contribution in [3.63, 3.8) is 0 Å². The normalized spacial score (nSPS) is 17.7. The third-order valence-corrected chi connectivity index (χ3v) is 5.39. The highest BCUT2D eigenvalue weighted by Gasteiger charge is 2.23. The predicted octanol–water partition coefficient (Wildman–Crippen LogP) is 1.91. The Morgan fingerprint density at radius 1 is 1.38 bits per heavy atom. The molecule has 0 saturated carbocycles. The van der Waals surface area contributed by atoms with E-state index in [0.29, 0.717) is 32.2 Å². The van der Waals surface area contributed by atoms with Crippen molar-refractivity contribution in [2.24, 2.45) is 5.73 Å². The molecule has 1 aliphatic heterocycles. The maximum Gasteiger partial charge on any atom is 0.225 e. The number of ether oxygens (including phenoxy) is 2. The number of primary amides is 1. The lowest BCUT2D eigenvalue weighted by Crippen LogP contribution is -2.32. The van der Waals surface area contributed by atoms with Crippen LogP contribution in [-0.4, -0.2) is 46.6 Å². The number of amides is 1. The summed E-state index contributed by atoms with van der Waals surface area (Å²) >= 11 is 1.72. The number of nitrogens with zero attached hydrogens (tertiary/aromatic N) is 3. The Bertz CT molecular complexity index is 943. The van der Waals surface area contributed by atoms with Gasteiger partial charge in [0.1, 0.15) is 6.10 Å². The van der Waals surface area contributed by atoms with Crippen LogP contribution in [0.15, 0.2) is 24.3 Å². The van der Waals surface area contributed by atoms with E-state index in [2.05, 4.69) is 29.1 Å². The zero-order chi connectivity index (χ0) is 18.1. The lowest BCUT2D eigenvalue weighted by Gasteiger charge is -2.23. The fourth-order valence-corrected chi connectivity index (χ4v) is 4.27. The molecule has 3 aromatic rings. The number of hydrogen-bond acceptors (Lipinski definition) is 6. The van der Waals surface area contributed by atoms with Crippen LogP contribution in [-0.2, 0) is 27.2 Å². The zero-order valence-corrected chi connectivity index (χ0v) is 15.3. The summed E-state index contributed by atoms with van der Waals surface area (Å²) in [7, 11) is 0. The number of hydrogen-bond donors (Lipinski definition) is 1. The van der Waals surface area contributed by atoms with E-state index < -0.39 is 5.91 Å². The Kier molecular flexibility index (Phi) is 4.71. The van der Waals surface area contributed by atoms with Crippen LogP contribution in [0.2, 0.25) is 0 Å². The number of rotatable bonds is 5. The molecule has 136 valence electrons. The molecular formula is C18H20N4O3S. The van der Waals surface area contributed by atoms with Crippen molar-refractivity contribution in [1.82, 2.24) is 14.8 Å². The molecule has 0 aliphatic carbocycles. The second-order valence-corrected chi connectivity index (χ2v) is 7.53. The quantitative estimate of drug-likeness (QED) is 0.739. The van der Waals surface area contributed by atoms with Crippen molar-refractivity contribution in [1.29, 1.82) is 0 Å². The smallest absolute Gasteiger partial charge is 0.225 e. The molecule has 4 rings (SSSR count). The minimum absolute atomic E-state index is 0.0170. The Morgan fingerprint density at radius 3 is 3.00 bits per heavy atom. The number of thiophene rings is 1. The van der Waals surface area contributed by atoms with E-state index >= 15 is 0 Å². The fraction of sp³-hybridized carbons (Fsp3) is 0.389. The second-order valence-electron chi connectivity index (χ2n) is 6.27. The number of aryl methyl sites for hydroxylation is 1. The molecule has 26 heavy (non-hydrogen) atoms. The Labute approximate surface area is 154 Å². The molecule has 1 aliphatic rings. The molecule has 1 fully saturated rings. The Hall–Kier alpha value is -2.29. The van der Waals surface area contributed by atoms with Crippen molar-refractivity contribution in [2.75, 3.05) is 19.8 Å². The second kappa shape index (κ2) is 7.14. The number of fused-ring (bicyclic) bond motifs is 1. The molecule has 1 saturated heterocycles. The lowest BCUT2D eigenvalue weighted by molar-refractivity contribution is -0.117. The van der Waals surface area contributed by atoms with Gasteiger partial charge >= 0.3 is 0 Å². The molecule has 1 aromatic carbocycles. The standard InChI is InChI=1S/C18H20N4O3S/c1-11-17(13-4-2-3-5-14(13)26-11)18-20-16(8-15(19)23)21-22(18)9-12-10-24-6-7-25-12/h2-5,12H,6-10H2,1H3,(H2,19,23). The number of carbonyl (C=O) groups excluding carboxylic acids is 1. The summed E-state index contributed by atoms with van der Waals surface area (Å²) in [5.41, 5.74) is 6.38. The van der Waals surface area contributed by atoms with Crippen molar-refractivity contribution in [3.8, 4) is 11.4 Å². The van der Waals surface area contributed by atoms with Gasteiger partial charge in [0.2, 0.25) is 5.91 Å². The molecule has 2 N–H and O–H groups in total. The lowest BCUT2D eigenvalue weighted by atomic mass is 10.1. The third kappa shape index (κ3) is 3.35. The molecule has 8 heteroatoms. The van der Waals surface area contributed by atoms with Gasteiger partial charge in [0.15, 0.2) is 11.6 Å². The minimum Gasteiger partial charge on any atom is -0.376 e.